The molecule has 23 heavy (non-hydrogen) atoms. The van der Waals surface area contributed by atoms with Crippen LogP contribution in [0.3, 0.4) is 0 Å². The molecule has 2 aliphatic rings. The van der Waals surface area contributed by atoms with Crippen LogP contribution < -0.4 is 5.32 Å². The molecule has 1 saturated carbocycles. The van der Waals surface area contributed by atoms with Crippen LogP contribution in [-0.2, 0) is 11.3 Å². The predicted molar refractivity (Wildman–Crippen MR) is 91.4 cm³/mol. The number of nitrogens with one attached hydrogen (secondary N) is 1. The van der Waals surface area contributed by atoms with Crippen molar-refractivity contribution < 1.29 is 4.79 Å². The van der Waals surface area contributed by atoms with Gasteiger partial charge in [0.15, 0.2) is 0 Å². The average Bonchev–Trinajstić information content (AvgIpc) is 3.44. The van der Waals surface area contributed by atoms with Gasteiger partial charge in [-0.25, -0.2) is 0 Å². The SMILES string of the molecule is O=C(N[C@H](c1ccccc1)C1CC1)C1C=NCc2ccccc21. The van der Waals surface area contributed by atoms with Crippen LogP contribution in [0.2, 0.25) is 0 Å². The van der Waals surface area contributed by atoms with Crippen molar-refractivity contribution in [2.75, 3.05) is 0 Å². The van der Waals surface area contributed by atoms with Gasteiger partial charge in [-0.2, -0.15) is 0 Å². The van der Waals surface area contributed by atoms with Crippen molar-refractivity contribution in [2.45, 2.75) is 31.3 Å². The number of carbonyl (C=O) groups is 1. The fourth-order valence-electron chi connectivity index (χ4n) is 3.33. The van der Waals surface area contributed by atoms with Crippen molar-refractivity contribution in [1.29, 1.82) is 0 Å². The van der Waals surface area contributed by atoms with E-state index in [2.05, 4.69) is 28.5 Å². The van der Waals surface area contributed by atoms with Gasteiger partial charge in [-0.3, -0.25) is 9.79 Å². The van der Waals surface area contributed by atoms with Crippen LogP contribution in [0.15, 0.2) is 59.6 Å². The molecule has 1 amide bonds. The Hall–Kier alpha value is -2.42. The fraction of sp³-hybridized carbons (Fsp3) is 0.300. The van der Waals surface area contributed by atoms with Gasteiger partial charge >= 0.3 is 0 Å². The smallest absolute Gasteiger partial charge is 0.233 e. The second kappa shape index (κ2) is 5.99. The number of benzene rings is 2. The highest BCUT2D eigenvalue weighted by molar-refractivity contribution is 6.00. The first-order valence-electron chi connectivity index (χ1n) is 8.26. The zero-order valence-electron chi connectivity index (χ0n) is 13.0. The quantitative estimate of drug-likeness (QED) is 0.921. The largest absolute Gasteiger partial charge is 0.348 e. The van der Waals surface area contributed by atoms with Gasteiger partial charge in [0.25, 0.3) is 0 Å². The van der Waals surface area contributed by atoms with E-state index >= 15 is 0 Å². The molecular weight excluding hydrogens is 284 g/mol. The summed E-state index contributed by atoms with van der Waals surface area (Å²) in [6, 6.07) is 18.5. The van der Waals surface area contributed by atoms with Gasteiger partial charge in [0.2, 0.25) is 5.91 Å². The van der Waals surface area contributed by atoms with Crippen LogP contribution >= 0.6 is 0 Å². The van der Waals surface area contributed by atoms with Gasteiger partial charge in [-0.15, -0.1) is 0 Å². The Kier molecular flexibility index (Phi) is 3.70. The maximum Gasteiger partial charge on any atom is 0.233 e. The maximum absolute atomic E-state index is 12.9. The Morgan fingerprint density at radius 3 is 2.57 bits per heavy atom. The molecule has 1 fully saturated rings. The summed E-state index contributed by atoms with van der Waals surface area (Å²) in [5.74, 6) is 0.351. The molecule has 1 N–H and O–H groups in total. The topological polar surface area (TPSA) is 41.5 Å². The number of carbonyl (C=O) groups excluding carboxylic acids is 1. The molecule has 0 saturated heterocycles. The third kappa shape index (κ3) is 2.91. The van der Waals surface area contributed by atoms with E-state index in [0.717, 1.165) is 11.1 Å². The number of aliphatic imine (C=N–C) groups is 1. The van der Waals surface area contributed by atoms with Crippen LogP contribution in [0.25, 0.3) is 0 Å². The Bertz CT molecular complexity index is 734. The Morgan fingerprint density at radius 2 is 1.78 bits per heavy atom. The lowest BCUT2D eigenvalue weighted by atomic mass is 9.91. The van der Waals surface area contributed by atoms with Crippen LogP contribution in [0.4, 0.5) is 0 Å². The number of rotatable bonds is 4. The zero-order valence-corrected chi connectivity index (χ0v) is 13.0. The number of fused-ring (bicyclic) bond motifs is 1. The molecule has 1 unspecified atom stereocenters. The number of hydrogen-bond donors (Lipinski definition) is 1. The molecule has 2 atom stereocenters. The summed E-state index contributed by atoms with van der Waals surface area (Å²) in [5, 5.41) is 3.28. The van der Waals surface area contributed by atoms with Gasteiger partial charge in [-0.05, 0) is 35.4 Å². The van der Waals surface area contributed by atoms with E-state index in [-0.39, 0.29) is 17.9 Å². The molecule has 2 aromatic rings. The Morgan fingerprint density at radius 1 is 1.04 bits per heavy atom. The fourth-order valence-corrected chi connectivity index (χ4v) is 3.33. The van der Waals surface area contributed by atoms with Crippen molar-refractivity contribution in [3.05, 3.63) is 71.3 Å². The lowest BCUT2D eigenvalue weighted by Gasteiger charge is -2.24. The molecule has 3 nitrogen and oxygen atoms in total. The zero-order chi connectivity index (χ0) is 15.6. The molecule has 0 aromatic heterocycles. The molecule has 0 bridgehead atoms. The van der Waals surface area contributed by atoms with Gasteiger partial charge < -0.3 is 5.32 Å². The second-order valence-electron chi connectivity index (χ2n) is 6.40. The highest BCUT2D eigenvalue weighted by Crippen LogP contribution is 2.41. The first-order valence-corrected chi connectivity index (χ1v) is 8.26. The van der Waals surface area contributed by atoms with Crippen molar-refractivity contribution >= 4 is 12.1 Å². The summed E-state index contributed by atoms with van der Waals surface area (Å²) >= 11 is 0. The highest BCUT2D eigenvalue weighted by atomic mass is 16.2. The first-order chi connectivity index (χ1) is 11.3. The molecule has 0 spiro atoms. The minimum atomic E-state index is -0.273. The Labute approximate surface area is 136 Å². The van der Waals surface area contributed by atoms with E-state index in [4.69, 9.17) is 0 Å². The second-order valence-corrected chi connectivity index (χ2v) is 6.40. The third-order valence-corrected chi connectivity index (χ3v) is 4.74. The van der Waals surface area contributed by atoms with Crippen LogP contribution in [0, 0.1) is 5.92 Å². The lowest BCUT2D eigenvalue weighted by Crippen LogP contribution is -2.35. The van der Waals surface area contributed by atoms with E-state index in [9.17, 15) is 4.79 Å². The molecule has 1 aliphatic carbocycles. The average molecular weight is 304 g/mol. The van der Waals surface area contributed by atoms with Crippen molar-refractivity contribution in [2.24, 2.45) is 10.9 Å². The molecule has 2 aromatic carbocycles. The molecule has 3 heteroatoms. The molecule has 1 aliphatic heterocycles. The number of amides is 1. The normalized spacial score (nSPS) is 20.6. The van der Waals surface area contributed by atoms with Gasteiger partial charge in [-0.1, -0.05) is 54.6 Å². The monoisotopic (exact) mass is 304 g/mol. The molecule has 116 valence electrons. The summed E-state index contributed by atoms with van der Waals surface area (Å²) in [4.78, 5) is 17.3. The van der Waals surface area contributed by atoms with E-state index in [1.54, 1.807) is 6.21 Å². The number of hydrogen-bond acceptors (Lipinski definition) is 2. The standard InChI is InChI=1S/C20H20N2O/c23-20(18-13-21-12-16-8-4-5-9-17(16)18)22-19(15-10-11-15)14-6-2-1-3-7-14/h1-9,13,15,18-19H,10-12H2,(H,22,23)/t18?,19-/m1/s1. The van der Waals surface area contributed by atoms with Gasteiger partial charge in [0, 0.05) is 6.21 Å². The first kappa shape index (κ1) is 14.2. The van der Waals surface area contributed by atoms with Gasteiger partial charge in [0.1, 0.15) is 0 Å². The summed E-state index contributed by atoms with van der Waals surface area (Å²) in [5.41, 5.74) is 3.44. The lowest BCUT2D eigenvalue weighted by molar-refractivity contribution is -0.122. The maximum atomic E-state index is 12.9. The highest BCUT2D eigenvalue weighted by Gasteiger charge is 2.35. The predicted octanol–water partition coefficient (Wildman–Crippen LogP) is 3.62. The molecule has 0 radical (unpaired) electrons. The summed E-state index contributed by atoms with van der Waals surface area (Å²) in [6.45, 7) is 0.671. The van der Waals surface area contributed by atoms with Crippen molar-refractivity contribution in [3.63, 3.8) is 0 Å². The van der Waals surface area contributed by atoms with E-state index in [0.29, 0.717) is 12.5 Å². The summed E-state index contributed by atoms with van der Waals surface area (Å²) in [7, 11) is 0. The van der Waals surface area contributed by atoms with Gasteiger partial charge in [0.05, 0.1) is 18.5 Å². The van der Waals surface area contributed by atoms with E-state index in [1.807, 2.05) is 36.4 Å². The van der Waals surface area contributed by atoms with Crippen molar-refractivity contribution in [1.82, 2.24) is 5.32 Å². The summed E-state index contributed by atoms with van der Waals surface area (Å²) in [6.07, 6.45) is 4.18. The van der Waals surface area contributed by atoms with Crippen LogP contribution in [0.5, 0.6) is 0 Å². The number of nitrogens with zero attached hydrogens (tertiary/aromatic N) is 1. The van der Waals surface area contributed by atoms with E-state index in [1.165, 1.54) is 18.4 Å². The molecule has 4 rings (SSSR count). The minimum absolute atomic E-state index is 0.0571. The van der Waals surface area contributed by atoms with E-state index < -0.39 is 0 Å². The Balaban J connectivity index is 1.57. The molecular formula is C20H20N2O. The third-order valence-electron chi connectivity index (χ3n) is 4.74. The summed E-state index contributed by atoms with van der Waals surface area (Å²) < 4.78 is 0. The van der Waals surface area contributed by atoms with Crippen molar-refractivity contribution in [3.8, 4) is 0 Å². The van der Waals surface area contributed by atoms with Crippen LogP contribution in [0.1, 0.15) is 41.5 Å². The molecule has 1 heterocycles. The minimum Gasteiger partial charge on any atom is -0.348 e. The van der Waals surface area contributed by atoms with Crippen LogP contribution in [-0.4, -0.2) is 12.1 Å².